The number of imidazole rings is 1. The fourth-order valence-electron chi connectivity index (χ4n) is 3.44. The molecule has 1 fully saturated rings. The van der Waals surface area contributed by atoms with Gasteiger partial charge in [-0.3, -0.25) is 0 Å². The predicted molar refractivity (Wildman–Crippen MR) is 107 cm³/mol. The first-order valence-corrected chi connectivity index (χ1v) is 11.0. The van der Waals surface area contributed by atoms with E-state index in [1.54, 1.807) is 29.9 Å². The van der Waals surface area contributed by atoms with Gasteiger partial charge in [0.25, 0.3) is 15.9 Å². The van der Waals surface area contributed by atoms with Crippen LogP contribution in [-0.4, -0.2) is 59.7 Å². The van der Waals surface area contributed by atoms with Crippen molar-refractivity contribution in [1.82, 2.24) is 24.0 Å². The van der Waals surface area contributed by atoms with E-state index in [9.17, 15) is 8.42 Å². The van der Waals surface area contributed by atoms with E-state index in [0.29, 0.717) is 36.0 Å². The van der Waals surface area contributed by atoms with Gasteiger partial charge >= 0.3 is 0 Å². The van der Waals surface area contributed by atoms with Crippen LogP contribution >= 0.6 is 0 Å². The summed E-state index contributed by atoms with van der Waals surface area (Å²) < 4.78 is 44.7. The summed E-state index contributed by atoms with van der Waals surface area (Å²) in [6, 6.07) is 5.36. The Kier molecular flexibility index (Phi) is 5.73. The lowest BCUT2D eigenvalue weighted by Gasteiger charge is -2.24. The van der Waals surface area contributed by atoms with Crippen LogP contribution in [0.3, 0.4) is 0 Å². The zero-order valence-corrected chi connectivity index (χ0v) is 17.6. The number of hydrogen-bond donors (Lipinski definition) is 0. The van der Waals surface area contributed by atoms with Crippen molar-refractivity contribution >= 4 is 10.0 Å². The standard InChI is InChI=1S/C19H23N5O5S/c1-27-15-8-6-7-14(18(15)28-2)19-21-16(22-29-19)11-23-12-17(20-13-23)30(25,26)24-9-4-3-5-10-24/h6-8,12-13H,3-5,9-11H2,1-2H3. The van der Waals surface area contributed by atoms with Crippen LogP contribution in [0, 0.1) is 0 Å². The zero-order valence-electron chi connectivity index (χ0n) is 16.8. The van der Waals surface area contributed by atoms with Crippen molar-refractivity contribution in [2.24, 2.45) is 0 Å². The molecule has 11 heteroatoms. The summed E-state index contributed by atoms with van der Waals surface area (Å²) in [5.74, 6) is 1.71. The lowest BCUT2D eigenvalue weighted by molar-refractivity contribution is 0.345. The van der Waals surface area contributed by atoms with Gasteiger partial charge in [-0.05, 0) is 25.0 Å². The molecular formula is C19H23N5O5S. The second kappa shape index (κ2) is 8.44. The van der Waals surface area contributed by atoms with E-state index < -0.39 is 10.0 Å². The summed E-state index contributed by atoms with van der Waals surface area (Å²) >= 11 is 0. The van der Waals surface area contributed by atoms with Crippen molar-refractivity contribution in [2.75, 3.05) is 27.3 Å². The van der Waals surface area contributed by atoms with Gasteiger partial charge in [0.05, 0.1) is 32.7 Å². The number of ether oxygens (including phenoxy) is 2. The highest BCUT2D eigenvalue weighted by Crippen LogP contribution is 2.36. The quantitative estimate of drug-likeness (QED) is 0.557. The predicted octanol–water partition coefficient (Wildman–Crippen LogP) is 2.17. The van der Waals surface area contributed by atoms with Crippen molar-refractivity contribution in [3.63, 3.8) is 0 Å². The van der Waals surface area contributed by atoms with Crippen molar-refractivity contribution in [2.45, 2.75) is 30.8 Å². The molecule has 0 amide bonds. The van der Waals surface area contributed by atoms with Crippen LogP contribution in [0.4, 0.5) is 0 Å². The Bertz CT molecular complexity index is 1120. The first kappa shape index (κ1) is 20.4. The largest absolute Gasteiger partial charge is 0.493 e. The Morgan fingerprint density at radius 2 is 1.93 bits per heavy atom. The maximum absolute atomic E-state index is 12.7. The molecule has 0 spiro atoms. The van der Waals surface area contributed by atoms with Crippen molar-refractivity contribution in [3.8, 4) is 23.0 Å². The smallest absolute Gasteiger partial charge is 0.262 e. The van der Waals surface area contributed by atoms with Crippen molar-refractivity contribution in [1.29, 1.82) is 0 Å². The molecule has 0 saturated carbocycles. The molecular weight excluding hydrogens is 410 g/mol. The van der Waals surface area contributed by atoms with Gasteiger partial charge in [0, 0.05) is 19.3 Å². The molecule has 4 rings (SSSR count). The fourth-order valence-corrected chi connectivity index (χ4v) is 4.90. The van der Waals surface area contributed by atoms with Crippen LogP contribution in [0.15, 0.2) is 40.3 Å². The molecule has 1 aliphatic heterocycles. The summed E-state index contributed by atoms with van der Waals surface area (Å²) in [5.41, 5.74) is 0.606. The lowest BCUT2D eigenvalue weighted by atomic mass is 10.2. The van der Waals surface area contributed by atoms with E-state index in [0.717, 1.165) is 19.3 Å². The fraction of sp³-hybridized carbons (Fsp3) is 0.421. The monoisotopic (exact) mass is 433 g/mol. The number of aromatic nitrogens is 4. The minimum Gasteiger partial charge on any atom is -0.493 e. The third-order valence-electron chi connectivity index (χ3n) is 4.95. The molecule has 0 unspecified atom stereocenters. The summed E-state index contributed by atoms with van der Waals surface area (Å²) in [4.78, 5) is 8.48. The number of sulfonamides is 1. The van der Waals surface area contributed by atoms with Gasteiger partial charge < -0.3 is 18.6 Å². The Morgan fingerprint density at radius 3 is 2.67 bits per heavy atom. The Balaban J connectivity index is 1.53. The molecule has 2 aromatic heterocycles. The van der Waals surface area contributed by atoms with Gasteiger partial charge in [0.2, 0.25) is 0 Å². The summed E-state index contributed by atoms with van der Waals surface area (Å²) in [6.07, 6.45) is 5.75. The van der Waals surface area contributed by atoms with Gasteiger partial charge in [-0.2, -0.15) is 9.29 Å². The highest BCUT2D eigenvalue weighted by molar-refractivity contribution is 7.89. The van der Waals surface area contributed by atoms with E-state index >= 15 is 0 Å². The third-order valence-corrected chi connectivity index (χ3v) is 6.74. The summed E-state index contributed by atoms with van der Waals surface area (Å²) in [7, 11) is -0.494. The van der Waals surface area contributed by atoms with Crippen LogP contribution in [0.5, 0.6) is 11.5 Å². The SMILES string of the molecule is COc1cccc(-c2nc(Cn3cnc(S(=O)(=O)N4CCCCC4)c3)no2)c1OC. The van der Waals surface area contributed by atoms with Crippen LogP contribution < -0.4 is 9.47 Å². The van der Waals surface area contributed by atoms with Gasteiger partial charge in [-0.25, -0.2) is 13.4 Å². The Morgan fingerprint density at radius 1 is 1.13 bits per heavy atom. The molecule has 1 saturated heterocycles. The molecule has 0 atom stereocenters. The minimum absolute atomic E-state index is 0.0302. The first-order chi connectivity index (χ1) is 14.5. The Labute approximate surface area is 174 Å². The van der Waals surface area contributed by atoms with Crippen LogP contribution in [0.2, 0.25) is 0 Å². The number of hydrogen-bond acceptors (Lipinski definition) is 8. The highest BCUT2D eigenvalue weighted by atomic mass is 32.2. The van der Waals surface area contributed by atoms with Crippen LogP contribution in [0.1, 0.15) is 25.1 Å². The topological polar surface area (TPSA) is 113 Å². The van der Waals surface area contributed by atoms with Crippen molar-refractivity contribution in [3.05, 3.63) is 36.5 Å². The number of nitrogens with zero attached hydrogens (tertiary/aromatic N) is 5. The molecule has 3 aromatic rings. The number of para-hydroxylation sites is 1. The zero-order chi connectivity index (χ0) is 21.1. The number of benzene rings is 1. The van der Waals surface area contributed by atoms with E-state index in [2.05, 4.69) is 15.1 Å². The average Bonchev–Trinajstić information content (AvgIpc) is 3.44. The summed E-state index contributed by atoms with van der Waals surface area (Å²) in [5, 5.41) is 4.02. The molecule has 0 radical (unpaired) electrons. The van der Waals surface area contributed by atoms with Crippen molar-refractivity contribution < 1.29 is 22.4 Å². The maximum Gasteiger partial charge on any atom is 0.262 e. The molecule has 0 N–H and O–H groups in total. The molecule has 3 heterocycles. The van der Waals surface area contributed by atoms with Gasteiger partial charge in [-0.15, -0.1) is 0 Å². The second-order valence-electron chi connectivity index (χ2n) is 6.91. The van der Waals surface area contributed by atoms with Crippen LogP contribution in [-0.2, 0) is 16.6 Å². The molecule has 10 nitrogen and oxygen atoms in total. The molecule has 0 aliphatic carbocycles. The summed E-state index contributed by atoms with van der Waals surface area (Å²) in [6.45, 7) is 1.29. The average molecular weight is 433 g/mol. The number of piperidine rings is 1. The minimum atomic E-state index is -3.58. The van der Waals surface area contributed by atoms with Crippen LogP contribution in [0.25, 0.3) is 11.5 Å². The maximum atomic E-state index is 12.7. The van der Waals surface area contributed by atoms with Gasteiger partial charge in [0.1, 0.15) is 0 Å². The number of methoxy groups -OCH3 is 2. The number of rotatable bonds is 7. The molecule has 1 aromatic carbocycles. The molecule has 160 valence electrons. The second-order valence-corrected chi connectivity index (χ2v) is 8.79. The van der Waals surface area contributed by atoms with Gasteiger partial charge in [-0.1, -0.05) is 17.6 Å². The first-order valence-electron chi connectivity index (χ1n) is 9.59. The van der Waals surface area contributed by atoms with E-state index in [1.807, 2.05) is 0 Å². The third kappa shape index (κ3) is 3.90. The van der Waals surface area contributed by atoms with Gasteiger partial charge in [0.15, 0.2) is 22.3 Å². The molecule has 1 aliphatic rings. The van der Waals surface area contributed by atoms with E-state index in [-0.39, 0.29) is 17.5 Å². The molecule has 30 heavy (non-hydrogen) atoms. The lowest BCUT2D eigenvalue weighted by Crippen LogP contribution is -2.35. The molecule has 0 bridgehead atoms. The van der Waals surface area contributed by atoms with E-state index in [1.165, 1.54) is 23.9 Å². The Hall–Kier alpha value is -2.92. The van der Waals surface area contributed by atoms with E-state index in [4.69, 9.17) is 14.0 Å². The highest BCUT2D eigenvalue weighted by Gasteiger charge is 2.28. The normalized spacial score (nSPS) is 15.3.